The van der Waals surface area contributed by atoms with E-state index in [4.69, 9.17) is 5.26 Å². The van der Waals surface area contributed by atoms with Crippen molar-refractivity contribution in [2.24, 2.45) is 0 Å². The summed E-state index contributed by atoms with van der Waals surface area (Å²) in [5.74, 6) is -0.0577. The maximum atomic E-state index is 12.1. The van der Waals surface area contributed by atoms with Crippen LogP contribution in [-0.2, 0) is 4.79 Å². The van der Waals surface area contributed by atoms with Crippen molar-refractivity contribution in [3.05, 3.63) is 23.8 Å². The zero-order chi connectivity index (χ0) is 12.5. The van der Waals surface area contributed by atoms with Crippen LogP contribution in [0.25, 0.3) is 0 Å². The summed E-state index contributed by atoms with van der Waals surface area (Å²) in [5.41, 5.74) is 1.36. The predicted molar refractivity (Wildman–Crippen MR) is 66.7 cm³/mol. The molecule has 0 unspecified atom stereocenters. The Morgan fingerprint density at radius 1 is 1.35 bits per heavy atom. The molecule has 1 amide bonds. The molecule has 1 heterocycles. The number of amides is 1. The first-order valence-corrected chi connectivity index (χ1v) is 5.79. The standard InChI is InChI=1S/C13H15N3O/c1-3-13(4-2)12(17)15-11-9(8-14)6-5-7-10(11)16-13/h5-7,16H,3-4H2,1-2H3,(H,15,17). The molecule has 0 spiro atoms. The topological polar surface area (TPSA) is 64.9 Å². The van der Waals surface area contributed by atoms with Gasteiger partial charge in [-0.2, -0.15) is 5.26 Å². The largest absolute Gasteiger partial charge is 0.369 e. The van der Waals surface area contributed by atoms with E-state index in [1.54, 1.807) is 6.07 Å². The molecule has 1 aliphatic heterocycles. The second-order valence-corrected chi connectivity index (χ2v) is 4.21. The molecule has 0 saturated heterocycles. The fourth-order valence-electron chi connectivity index (χ4n) is 2.18. The highest BCUT2D eigenvalue weighted by Crippen LogP contribution is 2.36. The number of nitriles is 1. The van der Waals surface area contributed by atoms with Crippen LogP contribution < -0.4 is 10.6 Å². The molecule has 1 aromatic rings. The third-order valence-electron chi connectivity index (χ3n) is 3.44. The molecule has 4 heteroatoms. The number of rotatable bonds is 2. The van der Waals surface area contributed by atoms with E-state index in [0.29, 0.717) is 24.1 Å². The zero-order valence-corrected chi connectivity index (χ0v) is 10.0. The van der Waals surface area contributed by atoms with Gasteiger partial charge in [-0.25, -0.2) is 0 Å². The minimum absolute atomic E-state index is 0.0577. The molecular formula is C13H15N3O. The predicted octanol–water partition coefficient (Wildman–Crippen LogP) is 2.48. The lowest BCUT2D eigenvalue weighted by Crippen LogP contribution is -2.51. The molecule has 0 radical (unpaired) electrons. The van der Waals surface area contributed by atoms with Crippen LogP contribution in [0.4, 0.5) is 11.4 Å². The molecule has 4 nitrogen and oxygen atoms in total. The van der Waals surface area contributed by atoms with Crippen molar-refractivity contribution in [1.29, 1.82) is 5.26 Å². The Bertz CT molecular complexity index is 498. The smallest absolute Gasteiger partial charge is 0.250 e. The van der Waals surface area contributed by atoms with Crippen molar-refractivity contribution < 1.29 is 4.79 Å². The first kappa shape index (κ1) is 11.5. The average molecular weight is 229 g/mol. The monoisotopic (exact) mass is 229 g/mol. The minimum Gasteiger partial charge on any atom is -0.369 e. The lowest BCUT2D eigenvalue weighted by atomic mass is 9.88. The second-order valence-electron chi connectivity index (χ2n) is 4.21. The molecule has 2 rings (SSSR count). The average Bonchev–Trinajstić information content (AvgIpc) is 2.37. The Balaban J connectivity index is 2.51. The summed E-state index contributed by atoms with van der Waals surface area (Å²) in [7, 11) is 0. The van der Waals surface area contributed by atoms with Crippen molar-refractivity contribution in [3.63, 3.8) is 0 Å². The number of fused-ring (bicyclic) bond motifs is 1. The van der Waals surface area contributed by atoms with E-state index >= 15 is 0 Å². The van der Waals surface area contributed by atoms with E-state index in [1.807, 2.05) is 26.0 Å². The van der Waals surface area contributed by atoms with Gasteiger partial charge in [0.05, 0.1) is 16.9 Å². The van der Waals surface area contributed by atoms with Crippen molar-refractivity contribution in [2.75, 3.05) is 10.6 Å². The third-order valence-corrected chi connectivity index (χ3v) is 3.44. The van der Waals surface area contributed by atoms with Crippen LogP contribution in [0, 0.1) is 11.3 Å². The Morgan fingerprint density at radius 2 is 2.06 bits per heavy atom. The van der Waals surface area contributed by atoms with Crippen molar-refractivity contribution in [3.8, 4) is 6.07 Å². The van der Waals surface area contributed by atoms with Gasteiger partial charge in [-0.05, 0) is 25.0 Å². The summed E-state index contributed by atoms with van der Waals surface area (Å²) < 4.78 is 0. The first-order valence-electron chi connectivity index (χ1n) is 5.79. The van der Waals surface area contributed by atoms with Gasteiger partial charge in [0.2, 0.25) is 5.91 Å². The van der Waals surface area contributed by atoms with E-state index < -0.39 is 5.54 Å². The van der Waals surface area contributed by atoms with Gasteiger partial charge >= 0.3 is 0 Å². The van der Waals surface area contributed by atoms with Gasteiger partial charge < -0.3 is 10.6 Å². The van der Waals surface area contributed by atoms with Gasteiger partial charge in [-0.3, -0.25) is 4.79 Å². The summed E-state index contributed by atoms with van der Waals surface area (Å²) >= 11 is 0. The Labute approximate surface area is 101 Å². The van der Waals surface area contributed by atoms with Crippen molar-refractivity contribution in [1.82, 2.24) is 0 Å². The fourth-order valence-corrected chi connectivity index (χ4v) is 2.18. The van der Waals surface area contributed by atoms with E-state index in [0.717, 1.165) is 5.69 Å². The van der Waals surface area contributed by atoms with E-state index in [9.17, 15) is 4.79 Å². The highest BCUT2D eigenvalue weighted by molar-refractivity contribution is 6.07. The number of para-hydroxylation sites is 1. The molecule has 0 atom stereocenters. The van der Waals surface area contributed by atoms with Gasteiger partial charge in [0.15, 0.2) is 0 Å². The maximum Gasteiger partial charge on any atom is 0.250 e. The van der Waals surface area contributed by atoms with Gasteiger partial charge in [-0.1, -0.05) is 19.9 Å². The highest BCUT2D eigenvalue weighted by Gasteiger charge is 2.39. The summed E-state index contributed by atoms with van der Waals surface area (Å²) in [6, 6.07) is 7.49. The normalized spacial score (nSPS) is 16.4. The first-order chi connectivity index (χ1) is 8.16. The Morgan fingerprint density at radius 3 is 2.65 bits per heavy atom. The fraction of sp³-hybridized carbons (Fsp3) is 0.385. The molecule has 1 aliphatic rings. The van der Waals surface area contributed by atoms with Crippen LogP contribution in [0.1, 0.15) is 32.3 Å². The SMILES string of the molecule is CCC1(CC)Nc2cccc(C#N)c2NC1=O. The van der Waals surface area contributed by atoms with E-state index in [-0.39, 0.29) is 5.91 Å². The molecule has 0 aliphatic carbocycles. The van der Waals surface area contributed by atoms with Crippen molar-refractivity contribution in [2.45, 2.75) is 32.2 Å². The summed E-state index contributed by atoms with van der Waals surface area (Å²) in [4.78, 5) is 12.1. The van der Waals surface area contributed by atoms with Crippen molar-refractivity contribution >= 4 is 17.3 Å². The molecule has 0 bridgehead atoms. The van der Waals surface area contributed by atoms with Crippen LogP contribution in [0.15, 0.2) is 18.2 Å². The number of anilines is 2. The number of carbonyl (C=O) groups is 1. The Hall–Kier alpha value is -2.02. The van der Waals surface area contributed by atoms with Gasteiger partial charge in [0.1, 0.15) is 11.6 Å². The molecular weight excluding hydrogens is 214 g/mol. The molecule has 88 valence electrons. The quantitative estimate of drug-likeness (QED) is 0.818. The van der Waals surface area contributed by atoms with Gasteiger partial charge in [-0.15, -0.1) is 0 Å². The second kappa shape index (κ2) is 4.10. The highest BCUT2D eigenvalue weighted by atomic mass is 16.2. The zero-order valence-electron chi connectivity index (χ0n) is 10.0. The summed E-state index contributed by atoms with van der Waals surface area (Å²) in [6.07, 6.45) is 1.43. The Kier molecular flexibility index (Phi) is 2.76. The summed E-state index contributed by atoms with van der Waals surface area (Å²) in [6.45, 7) is 3.96. The lowest BCUT2D eigenvalue weighted by molar-refractivity contribution is -0.120. The number of nitrogens with one attached hydrogen (secondary N) is 2. The molecule has 2 N–H and O–H groups in total. The molecule has 0 saturated carbocycles. The number of nitrogens with zero attached hydrogens (tertiary/aromatic N) is 1. The van der Waals surface area contributed by atoms with E-state index in [2.05, 4.69) is 16.7 Å². The van der Waals surface area contributed by atoms with Crippen LogP contribution in [0.5, 0.6) is 0 Å². The minimum atomic E-state index is -0.554. The van der Waals surface area contributed by atoms with Gasteiger partial charge in [0, 0.05) is 0 Å². The lowest BCUT2D eigenvalue weighted by Gasteiger charge is -2.37. The molecule has 0 fully saturated rings. The number of hydrogen-bond acceptors (Lipinski definition) is 3. The van der Waals surface area contributed by atoms with Crippen LogP contribution >= 0.6 is 0 Å². The van der Waals surface area contributed by atoms with E-state index in [1.165, 1.54) is 0 Å². The number of benzene rings is 1. The maximum absolute atomic E-state index is 12.1. The van der Waals surface area contributed by atoms with Crippen LogP contribution in [0.2, 0.25) is 0 Å². The molecule has 17 heavy (non-hydrogen) atoms. The number of hydrogen-bond donors (Lipinski definition) is 2. The molecule has 0 aromatic heterocycles. The third kappa shape index (κ3) is 1.64. The molecule has 1 aromatic carbocycles. The van der Waals surface area contributed by atoms with Gasteiger partial charge in [0.25, 0.3) is 0 Å². The van der Waals surface area contributed by atoms with Crippen LogP contribution in [0.3, 0.4) is 0 Å². The van der Waals surface area contributed by atoms with Crippen LogP contribution in [-0.4, -0.2) is 11.4 Å². The summed E-state index contributed by atoms with van der Waals surface area (Å²) in [5, 5.41) is 15.1. The number of carbonyl (C=O) groups excluding carboxylic acids is 1.